The van der Waals surface area contributed by atoms with E-state index in [1.54, 1.807) is 11.9 Å². The fourth-order valence-corrected chi connectivity index (χ4v) is 4.05. The van der Waals surface area contributed by atoms with Gasteiger partial charge in [-0.15, -0.1) is 10.2 Å². The van der Waals surface area contributed by atoms with Crippen molar-refractivity contribution in [2.75, 3.05) is 46.7 Å². The summed E-state index contributed by atoms with van der Waals surface area (Å²) in [5, 5.41) is 7.87. The largest absolute Gasteiger partial charge is 0.327 e. The van der Waals surface area contributed by atoms with Gasteiger partial charge in [-0.25, -0.2) is 22.4 Å². The minimum atomic E-state index is -3.64. The second kappa shape index (κ2) is 5.48. The number of urea groups is 1. The Morgan fingerprint density at radius 1 is 1.24 bits per heavy atom. The van der Waals surface area contributed by atoms with Crippen molar-refractivity contribution in [2.45, 2.75) is 10.5 Å². The molecule has 11 heteroatoms. The van der Waals surface area contributed by atoms with Crippen LogP contribution >= 0.6 is 11.3 Å². The normalized spacial score (nSPS) is 20.1. The second-order valence-electron chi connectivity index (χ2n) is 5.12. The molecule has 1 atom stereocenters. The molecule has 1 aromatic heterocycles. The zero-order valence-electron chi connectivity index (χ0n) is 12.5. The Morgan fingerprint density at radius 2 is 1.86 bits per heavy atom. The van der Waals surface area contributed by atoms with Gasteiger partial charge in [0.15, 0.2) is 0 Å². The maximum atomic E-state index is 12.2. The van der Waals surface area contributed by atoms with Gasteiger partial charge in [0, 0.05) is 21.1 Å². The molecular weight excluding hydrogens is 316 g/mol. The summed E-state index contributed by atoms with van der Waals surface area (Å²) in [5.41, 5.74) is 0. The number of hydrogen-bond donors (Lipinski definition) is 0. The van der Waals surface area contributed by atoms with Gasteiger partial charge in [0.05, 0.1) is 6.54 Å². The van der Waals surface area contributed by atoms with Crippen LogP contribution in [0.25, 0.3) is 0 Å². The van der Waals surface area contributed by atoms with Gasteiger partial charge in [-0.3, -0.25) is 4.90 Å². The van der Waals surface area contributed by atoms with Crippen molar-refractivity contribution in [3.05, 3.63) is 0 Å². The predicted molar refractivity (Wildman–Crippen MR) is 78.8 cm³/mol. The Bertz CT molecular complexity index is 641. The molecule has 2 amide bonds. The lowest BCUT2D eigenvalue weighted by atomic mass is 10.4. The second-order valence-corrected chi connectivity index (χ2v) is 8.40. The van der Waals surface area contributed by atoms with E-state index in [0.29, 0.717) is 6.54 Å². The molecule has 0 radical (unpaired) electrons. The zero-order chi connectivity index (χ0) is 15.9. The monoisotopic (exact) mass is 334 g/mol. The molecule has 2 heterocycles. The lowest BCUT2D eigenvalue weighted by Gasteiger charge is -2.25. The van der Waals surface area contributed by atoms with Gasteiger partial charge in [-0.1, -0.05) is 11.3 Å². The average Bonchev–Trinajstić information content (AvgIpc) is 2.96. The Labute approximate surface area is 127 Å². The topological polar surface area (TPSA) is 89.9 Å². The highest BCUT2D eigenvalue weighted by molar-refractivity contribution is 7.91. The van der Waals surface area contributed by atoms with Crippen LogP contribution in [-0.4, -0.2) is 86.7 Å². The van der Waals surface area contributed by atoms with Crippen molar-refractivity contribution >= 4 is 32.5 Å². The summed E-state index contributed by atoms with van der Waals surface area (Å²) in [6.07, 6.45) is -0.203. The lowest BCUT2D eigenvalue weighted by molar-refractivity contribution is 0.229. The number of rotatable bonds is 4. The first-order valence-electron chi connectivity index (χ1n) is 6.13. The maximum Gasteiger partial charge on any atom is 0.327 e. The van der Waals surface area contributed by atoms with Crippen LogP contribution < -0.4 is 4.90 Å². The molecule has 1 saturated heterocycles. The molecule has 1 fully saturated rings. The van der Waals surface area contributed by atoms with Gasteiger partial charge < -0.3 is 4.90 Å². The van der Waals surface area contributed by atoms with Crippen LogP contribution in [-0.2, 0) is 10.0 Å². The number of likely N-dealkylation sites (N-methyl/N-ethyl adjacent to an activating group) is 2. The van der Waals surface area contributed by atoms with Crippen LogP contribution in [0.15, 0.2) is 4.34 Å². The first-order valence-corrected chi connectivity index (χ1v) is 8.38. The summed E-state index contributed by atoms with van der Waals surface area (Å²) < 4.78 is 25.0. The Balaban J connectivity index is 2.39. The quantitative estimate of drug-likeness (QED) is 0.693. The molecule has 21 heavy (non-hydrogen) atoms. The van der Waals surface area contributed by atoms with Crippen molar-refractivity contribution in [1.29, 1.82) is 0 Å². The molecule has 0 N–H and O–H groups in total. The number of amides is 2. The molecule has 118 valence electrons. The molecule has 2 rings (SSSR count). The van der Waals surface area contributed by atoms with E-state index in [9.17, 15) is 13.2 Å². The molecular formula is C10H18N6O3S2. The summed E-state index contributed by atoms with van der Waals surface area (Å²) >= 11 is 0.892. The van der Waals surface area contributed by atoms with Gasteiger partial charge >= 0.3 is 6.03 Å². The van der Waals surface area contributed by atoms with Crippen LogP contribution in [0, 0.1) is 0 Å². The number of carbonyl (C=O) groups is 1. The number of sulfonamides is 1. The van der Waals surface area contributed by atoms with Crippen molar-refractivity contribution < 1.29 is 13.2 Å². The number of carbonyl (C=O) groups excluding carboxylic acids is 1. The van der Waals surface area contributed by atoms with E-state index in [1.807, 2.05) is 19.0 Å². The minimum absolute atomic E-state index is 0.123. The zero-order valence-corrected chi connectivity index (χ0v) is 14.1. The molecule has 9 nitrogen and oxygen atoms in total. The van der Waals surface area contributed by atoms with Crippen LogP contribution in [0.1, 0.15) is 0 Å². The number of aromatic nitrogens is 2. The molecule has 0 saturated carbocycles. The van der Waals surface area contributed by atoms with Gasteiger partial charge in [-0.05, 0) is 14.1 Å². The number of hydrogen-bond acceptors (Lipinski definition) is 7. The third kappa shape index (κ3) is 2.73. The van der Waals surface area contributed by atoms with E-state index in [4.69, 9.17) is 0 Å². The summed E-state index contributed by atoms with van der Waals surface area (Å²) in [6, 6.07) is -0.223. The predicted octanol–water partition coefficient (Wildman–Crippen LogP) is -0.452. The van der Waals surface area contributed by atoms with E-state index in [2.05, 4.69) is 10.2 Å². The summed E-state index contributed by atoms with van der Waals surface area (Å²) in [6.45, 7) is 0.515. The number of anilines is 1. The molecule has 1 unspecified atom stereocenters. The van der Waals surface area contributed by atoms with Crippen LogP contribution in [0.4, 0.5) is 9.93 Å². The standard InChI is InChI=1S/C10H18N6O3S2/c1-13(2)7-6-15(5)10(17)16(7)8-11-12-9(20-8)21(18,19)14(3)4/h7H,6H2,1-5H3. The highest BCUT2D eigenvalue weighted by atomic mass is 32.2. The summed E-state index contributed by atoms with van der Waals surface area (Å²) in [4.78, 5) is 17.1. The molecule has 0 bridgehead atoms. The van der Waals surface area contributed by atoms with E-state index in [0.717, 1.165) is 15.6 Å². The molecule has 0 aliphatic carbocycles. The van der Waals surface area contributed by atoms with Crippen LogP contribution in [0.2, 0.25) is 0 Å². The van der Waals surface area contributed by atoms with E-state index in [1.165, 1.54) is 19.0 Å². The fraction of sp³-hybridized carbons (Fsp3) is 0.700. The smallest absolute Gasteiger partial charge is 0.324 e. The molecule has 1 aliphatic rings. The summed E-state index contributed by atoms with van der Waals surface area (Å²) in [5.74, 6) is 0. The summed E-state index contributed by atoms with van der Waals surface area (Å²) in [7, 11) is 4.60. The Morgan fingerprint density at radius 3 is 2.38 bits per heavy atom. The highest BCUT2D eigenvalue weighted by Gasteiger charge is 2.40. The third-order valence-corrected chi connectivity index (χ3v) is 6.25. The van der Waals surface area contributed by atoms with Crippen molar-refractivity contribution in [3.63, 3.8) is 0 Å². The first-order chi connectivity index (χ1) is 9.66. The molecule has 0 spiro atoms. The SMILES string of the molecule is CN1CC(N(C)C)N(c2nnc(S(=O)(=O)N(C)C)s2)C1=O. The Kier molecular flexibility index (Phi) is 4.19. The molecule has 1 aromatic rings. The molecule has 0 aromatic carbocycles. The van der Waals surface area contributed by atoms with Crippen molar-refractivity contribution in [1.82, 2.24) is 24.3 Å². The average molecular weight is 334 g/mol. The van der Waals surface area contributed by atoms with E-state index in [-0.39, 0.29) is 21.7 Å². The van der Waals surface area contributed by atoms with Gasteiger partial charge in [-0.2, -0.15) is 0 Å². The third-order valence-electron chi connectivity index (χ3n) is 3.17. The van der Waals surface area contributed by atoms with E-state index < -0.39 is 10.0 Å². The maximum absolute atomic E-state index is 12.2. The van der Waals surface area contributed by atoms with Crippen LogP contribution in [0.3, 0.4) is 0 Å². The molecule has 1 aliphatic heterocycles. The lowest BCUT2D eigenvalue weighted by Crippen LogP contribution is -2.43. The Hall–Kier alpha value is -1.30. The van der Waals surface area contributed by atoms with Crippen LogP contribution in [0.5, 0.6) is 0 Å². The van der Waals surface area contributed by atoms with E-state index >= 15 is 0 Å². The first kappa shape index (κ1) is 16.1. The van der Waals surface area contributed by atoms with Gasteiger partial charge in [0.1, 0.15) is 6.17 Å². The minimum Gasteiger partial charge on any atom is -0.324 e. The highest BCUT2D eigenvalue weighted by Crippen LogP contribution is 2.30. The fourth-order valence-electron chi connectivity index (χ4n) is 1.88. The van der Waals surface area contributed by atoms with Gasteiger partial charge in [0.2, 0.25) is 9.47 Å². The van der Waals surface area contributed by atoms with Crippen molar-refractivity contribution in [3.8, 4) is 0 Å². The number of nitrogens with zero attached hydrogens (tertiary/aromatic N) is 6. The van der Waals surface area contributed by atoms with Crippen molar-refractivity contribution in [2.24, 2.45) is 0 Å². The van der Waals surface area contributed by atoms with Gasteiger partial charge in [0.25, 0.3) is 10.0 Å².